The van der Waals surface area contributed by atoms with E-state index in [4.69, 9.17) is 4.74 Å². The Hall–Kier alpha value is -2.04. The van der Waals surface area contributed by atoms with Crippen molar-refractivity contribution in [2.75, 3.05) is 6.61 Å². The van der Waals surface area contributed by atoms with Gasteiger partial charge >= 0.3 is 6.01 Å². The third kappa shape index (κ3) is 1.09. The summed E-state index contributed by atoms with van der Waals surface area (Å²) in [6.45, 7) is 0.611. The van der Waals surface area contributed by atoms with Gasteiger partial charge in [-0.25, -0.2) is 0 Å². The molecule has 2 aromatic rings. The summed E-state index contributed by atoms with van der Waals surface area (Å²) < 4.78 is 5.41. The van der Waals surface area contributed by atoms with Gasteiger partial charge in [-0.05, 0) is 11.6 Å². The third-order valence-corrected chi connectivity index (χ3v) is 2.49. The number of fused-ring (bicyclic) bond motifs is 3. The van der Waals surface area contributed by atoms with E-state index in [0.29, 0.717) is 23.3 Å². The van der Waals surface area contributed by atoms with Crippen LogP contribution in [0.25, 0.3) is 10.9 Å². The van der Waals surface area contributed by atoms with Crippen molar-refractivity contribution in [3.63, 3.8) is 0 Å². The van der Waals surface area contributed by atoms with Crippen LogP contribution in [0.1, 0.15) is 5.56 Å². The van der Waals surface area contributed by atoms with Crippen molar-refractivity contribution < 1.29 is 14.9 Å². The molecule has 5 heteroatoms. The second kappa shape index (κ2) is 2.73. The van der Waals surface area contributed by atoms with E-state index in [1.807, 2.05) is 6.07 Å². The average molecular weight is 204 g/mol. The number of rotatable bonds is 0. The average Bonchev–Trinajstić information content (AvgIpc) is 2.65. The van der Waals surface area contributed by atoms with Crippen molar-refractivity contribution in [3.05, 3.63) is 17.7 Å². The number of aromatic hydroxyl groups is 2. The summed E-state index contributed by atoms with van der Waals surface area (Å²) in [5, 5.41) is 19.2. The number of ether oxygens (including phenoxy) is 1. The minimum atomic E-state index is -0.441. The van der Waals surface area contributed by atoms with Gasteiger partial charge in [0.15, 0.2) is 0 Å². The number of hydrogen-bond acceptors (Lipinski definition) is 5. The largest absolute Gasteiger partial charge is 0.493 e. The van der Waals surface area contributed by atoms with Crippen LogP contribution in [0.4, 0.5) is 0 Å². The van der Waals surface area contributed by atoms with E-state index < -0.39 is 6.01 Å². The zero-order valence-corrected chi connectivity index (χ0v) is 7.77. The number of aromatic nitrogens is 2. The Labute approximate surface area is 85.0 Å². The predicted octanol–water partition coefficient (Wildman–Crippen LogP) is 0.976. The van der Waals surface area contributed by atoms with Crippen LogP contribution in [0.3, 0.4) is 0 Å². The van der Waals surface area contributed by atoms with Gasteiger partial charge in [-0.2, -0.15) is 9.97 Å². The molecule has 76 valence electrons. The molecule has 1 aromatic heterocycles. The van der Waals surface area contributed by atoms with Gasteiger partial charge < -0.3 is 14.9 Å². The molecule has 0 spiro atoms. The Kier molecular flexibility index (Phi) is 1.50. The SMILES string of the molecule is Oc1nc(O)c2ccc3c(c2n1)OCC3. The predicted molar refractivity (Wildman–Crippen MR) is 52.1 cm³/mol. The summed E-state index contributed by atoms with van der Waals surface area (Å²) in [6.07, 6.45) is 0.830. The number of hydrogen-bond donors (Lipinski definition) is 2. The molecule has 0 saturated heterocycles. The number of nitrogens with zero attached hydrogens (tertiary/aromatic N) is 2. The molecule has 0 atom stereocenters. The first kappa shape index (κ1) is 8.28. The van der Waals surface area contributed by atoms with Crippen LogP contribution in [0.15, 0.2) is 12.1 Å². The lowest BCUT2D eigenvalue weighted by atomic mass is 10.1. The maximum atomic E-state index is 9.52. The molecule has 0 fully saturated rings. The van der Waals surface area contributed by atoms with Crippen LogP contribution in [0, 0.1) is 0 Å². The lowest BCUT2D eigenvalue weighted by Gasteiger charge is -2.04. The highest BCUT2D eigenvalue weighted by atomic mass is 16.5. The van der Waals surface area contributed by atoms with Crippen LogP contribution in [0.5, 0.6) is 17.6 Å². The maximum absolute atomic E-state index is 9.52. The van der Waals surface area contributed by atoms with Gasteiger partial charge in [0, 0.05) is 6.42 Å². The molecule has 0 unspecified atom stereocenters. The van der Waals surface area contributed by atoms with Crippen molar-refractivity contribution in [1.82, 2.24) is 9.97 Å². The molecule has 5 nitrogen and oxygen atoms in total. The summed E-state index contributed by atoms with van der Waals surface area (Å²) in [5.41, 5.74) is 1.51. The molecule has 0 aliphatic carbocycles. The molecular weight excluding hydrogens is 196 g/mol. The van der Waals surface area contributed by atoms with Gasteiger partial charge in [0.2, 0.25) is 5.88 Å². The fourth-order valence-electron chi connectivity index (χ4n) is 1.81. The van der Waals surface area contributed by atoms with Crippen LogP contribution < -0.4 is 4.74 Å². The van der Waals surface area contributed by atoms with E-state index in [9.17, 15) is 10.2 Å². The molecule has 2 heterocycles. The minimum absolute atomic E-state index is 0.226. The van der Waals surface area contributed by atoms with Crippen molar-refractivity contribution in [2.24, 2.45) is 0 Å². The minimum Gasteiger partial charge on any atom is -0.493 e. The topological polar surface area (TPSA) is 75.5 Å². The van der Waals surface area contributed by atoms with Crippen molar-refractivity contribution in [1.29, 1.82) is 0 Å². The molecule has 15 heavy (non-hydrogen) atoms. The highest BCUT2D eigenvalue weighted by Crippen LogP contribution is 2.36. The Morgan fingerprint density at radius 3 is 2.93 bits per heavy atom. The lowest BCUT2D eigenvalue weighted by Crippen LogP contribution is -1.90. The maximum Gasteiger partial charge on any atom is 0.317 e. The molecule has 0 saturated carbocycles. The Balaban J connectivity index is 2.44. The molecule has 1 aromatic carbocycles. The van der Waals surface area contributed by atoms with E-state index in [-0.39, 0.29) is 5.88 Å². The molecule has 0 bridgehead atoms. The zero-order valence-electron chi connectivity index (χ0n) is 7.77. The molecule has 0 radical (unpaired) electrons. The van der Waals surface area contributed by atoms with Gasteiger partial charge in [0.25, 0.3) is 0 Å². The van der Waals surface area contributed by atoms with Crippen molar-refractivity contribution in [3.8, 4) is 17.6 Å². The molecule has 3 rings (SSSR count). The Morgan fingerprint density at radius 2 is 2.07 bits per heavy atom. The third-order valence-electron chi connectivity index (χ3n) is 2.49. The zero-order chi connectivity index (χ0) is 10.4. The quantitative estimate of drug-likeness (QED) is 0.668. The van der Waals surface area contributed by atoms with Gasteiger partial charge in [-0.15, -0.1) is 0 Å². The second-order valence-electron chi connectivity index (χ2n) is 3.40. The van der Waals surface area contributed by atoms with Gasteiger partial charge in [0.1, 0.15) is 11.3 Å². The standard InChI is InChI=1S/C10H8N2O3/c13-9-6-2-1-5-3-4-15-8(5)7(6)11-10(14)12-9/h1-2H,3-4H2,(H2,11,12,13,14). The van der Waals surface area contributed by atoms with Gasteiger partial charge in [-0.3, -0.25) is 0 Å². The molecule has 2 N–H and O–H groups in total. The first-order valence-electron chi connectivity index (χ1n) is 4.60. The summed E-state index contributed by atoms with van der Waals surface area (Å²) in [5.74, 6) is 0.413. The second-order valence-corrected chi connectivity index (χ2v) is 3.40. The number of benzene rings is 1. The van der Waals surface area contributed by atoms with Gasteiger partial charge in [0.05, 0.1) is 12.0 Å². The molecule has 1 aliphatic rings. The van der Waals surface area contributed by atoms with Crippen LogP contribution in [-0.4, -0.2) is 26.8 Å². The highest BCUT2D eigenvalue weighted by molar-refractivity contribution is 5.90. The van der Waals surface area contributed by atoms with Crippen LogP contribution in [0.2, 0.25) is 0 Å². The van der Waals surface area contributed by atoms with Crippen molar-refractivity contribution >= 4 is 10.9 Å². The van der Waals surface area contributed by atoms with E-state index in [1.165, 1.54) is 0 Å². The smallest absolute Gasteiger partial charge is 0.317 e. The van der Waals surface area contributed by atoms with Gasteiger partial charge in [-0.1, -0.05) is 6.07 Å². The highest BCUT2D eigenvalue weighted by Gasteiger charge is 2.18. The normalized spacial score (nSPS) is 13.9. The summed E-state index contributed by atoms with van der Waals surface area (Å²) in [7, 11) is 0. The molecule has 1 aliphatic heterocycles. The van der Waals surface area contributed by atoms with E-state index in [2.05, 4.69) is 9.97 Å². The fourth-order valence-corrected chi connectivity index (χ4v) is 1.81. The van der Waals surface area contributed by atoms with E-state index >= 15 is 0 Å². The summed E-state index contributed by atoms with van der Waals surface area (Å²) >= 11 is 0. The van der Waals surface area contributed by atoms with Crippen molar-refractivity contribution in [2.45, 2.75) is 6.42 Å². The Bertz CT molecular complexity index is 554. The van der Waals surface area contributed by atoms with Crippen LogP contribution >= 0.6 is 0 Å². The summed E-state index contributed by atoms with van der Waals surface area (Å²) in [6, 6.07) is 3.17. The van der Waals surface area contributed by atoms with E-state index in [0.717, 1.165) is 12.0 Å². The Morgan fingerprint density at radius 1 is 1.20 bits per heavy atom. The monoisotopic (exact) mass is 204 g/mol. The van der Waals surface area contributed by atoms with Crippen LogP contribution in [-0.2, 0) is 6.42 Å². The fraction of sp³-hybridized carbons (Fsp3) is 0.200. The molecular formula is C10H8N2O3. The molecule has 0 amide bonds. The first-order chi connectivity index (χ1) is 7.25. The first-order valence-corrected chi connectivity index (χ1v) is 4.60. The lowest BCUT2D eigenvalue weighted by molar-refractivity contribution is 0.358. The van der Waals surface area contributed by atoms with E-state index in [1.54, 1.807) is 6.07 Å². The summed E-state index contributed by atoms with van der Waals surface area (Å²) in [4.78, 5) is 7.34.